The average molecular weight is 289 g/mol. The lowest BCUT2D eigenvalue weighted by atomic mass is 10.1. The lowest BCUT2D eigenvalue weighted by Gasteiger charge is -2.21. The van der Waals surface area contributed by atoms with E-state index < -0.39 is 21.9 Å². The first-order valence-electron chi connectivity index (χ1n) is 6.09. The molecule has 0 fully saturated rings. The minimum atomic E-state index is -3.77. The average Bonchev–Trinajstić information content (AvgIpc) is 2.23. The minimum absolute atomic E-state index is 0.0409. The summed E-state index contributed by atoms with van der Waals surface area (Å²) >= 11 is 0. The maximum Gasteiger partial charge on any atom is 0.241 e. The molecule has 0 aromatic heterocycles. The predicted molar refractivity (Wildman–Crippen MR) is 71.9 cm³/mol. The maximum atomic E-state index is 13.2. The van der Waals surface area contributed by atoms with Gasteiger partial charge in [0.25, 0.3) is 0 Å². The van der Waals surface area contributed by atoms with E-state index in [1.165, 1.54) is 12.1 Å². The zero-order valence-electron chi connectivity index (χ0n) is 11.6. The smallest absolute Gasteiger partial charge is 0.241 e. The lowest BCUT2D eigenvalue weighted by Crippen LogP contribution is -2.41. The fraction of sp³-hybridized carbons (Fsp3) is 0.538. The van der Waals surface area contributed by atoms with Gasteiger partial charge in [-0.2, -0.15) is 0 Å². The van der Waals surface area contributed by atoms with Crippen LogP contribution < -0.4 is 4.72 Å². The SMILES string of the molecule is Cc1cc(F)cc(C)c1S(=O)(=O)N[C@H](CO)C(C)C. The van der Waals surface area contributed by atoms with E-state index in [1.54, 1.807) is 13.8 Å². The fourth-order valence-electron chi connectivity index (χ4n) is 1.96. The van der Waals surface area contributed by atoms with Gasteiger partial charge in [0.1, 0.15) is 5.82 Å². The molecule has 1 aromatic rings. The molecule has 0 unspecified atom stereocenters. The molecule has 1 aromatic carbocycles. The molecule has 0 bridgehead atoms. The Bertz CT molecular complexity index is 532. The first kappa shape index (κ1) is 16.1. The highest BCUT2D eigenvalue weighted by molar-refractivity contribution is 7.89. The third-order valence-corrected chi connectivity index (χ3v) is 4.80. The molecular formula is C13H20FNO3S. The molecule has 4 nitrogen and oxygen atoms in total. The van der Waals surface area contributed by atoms with Crippen molar-refractivity contribution >= 4 is 10.0 Å². The molecule has 0 heterocycles. The Labute approximate surface area is 113 Å². The van der Waals surface area contributed by atoms with Gasteiger partial charge in [0, 0.05) is 6.04 Å². The molecule has 0 radical (unpaired) electrons. The number of hydrogen-bond acceptors (Lipinski definition) is 3. The third kappa shape index (κ3) is 3.75. The van der Waals surface area contributed by atoms with Gasteiger partial charge in [-0.05, 0) is 43.0 Å². The summed E-state index contributed by atoms with van der Waals surface area (Å²) in [7, 11) is -3.77. The van der Waals surface area contributed by atoms with Crippen molar-refractivity contribution in [3.05, 3.63) is 29.1 Å². The van der Waals surface area contributed by atoms with Crippen LogP contribution in [0.4, 0.5) is 4.39 Å². The third-order valence-electron chi connectivity index (χ3n) is 3.00. The van der Waals surface area contributed by atoms with Crippen LogP contribution in [0.5, 0.6) is 0 Å². The van der Waals surface area contributed by atoms with Crippen molar-refractivity contribution in [3.8, 4) is 0 Å². The standard InChI is InChI=1S/C13H20FNO3S/c1-8(2)12(7-16)15-19(17,18)13-9(3)5-11(14)6-10(13)4/h5-6,8,12,15-16H,7H2,1-4H3/t12-/m1/s1. The fourth-order valence-corrected chi connectivity index (χ4v) is 3.79. The van der Waals surface area contributed by atoms with Crippen LogP contribution in [-0.4, -0.2) is 26.2 Å². The zero-order chi connectivity index (χ0) is 14.8. The number of aliphatic hydroxyl groups is 1. The normalized spacial score (nSPS) is 13.8. The van der Waals surface area contributed by atoms with E-state index in [0.717, 1.165) is 0 Å². The molecule has 0 saturated heterocycles. The summed E-state index contributed by atoms with van der Waals surface area (Å²) in [5.41, 5.74) is 0.705. The molecule has 0 aliphatic rings. The number of sulfonamides is 1. The van der Waals surface area contributed by atoms with Crippen LogP contribution in [0.25, 0.3) is 0 Å². The minimum Gasteiger partial charge on any atom is -0.395 e. The second-order valence-electron chi connectivity index (χ2n) is 5.02. The van der Waals surface area contributed by atoms with E-state index in [-0.39, 0.29) is 17.4 Å². The van der Waals surface area contributed by atoms with E-state index in [0.29, 0.717) is 11.1 Å². The molecule has 0 aliphatic carbocycles. The number of aryl methyl sites for hydroxylation is 2. The summed E-state index contributed by atoms with van der Waals surface area (Å²) in [5, 5.41) is 9.20. The van der Waals surface area contributed by atoms with Gasteiger partial charge in [0.15, 0.2) is 0 Å². The highest BCUT2D eigenvalue weighted by atomic mass is 32.2. The highest BCUT2D eigenvalue weighted by Gasteiger charge is 2.25. The molecule has 0 saturated carbocycles. The van der Waals surface area contributed by atoms with Gasteiger partial charge in [-0.3, -0.25) is 0 Å². The van der Waals surface area contributed by atoms with Gasteiger partial charge < -0.3 is 5.11 Å². The number of aliphatic hydroxyl groups excluding tert-OH is 1. The molecule has 6 heteroatoms. The number of hydrogen-bond donors (Lipinski definition) is 2. The van der Waals surface area contributed by atoms with Crippen molar-refractivity contribution in [3.63, 3.8) is 0 Å². The van der Waals surface area contributed by atoms with E-state index >= 15 is 0 Å². The van der Waals surface area contributed by atoms with Crippen LogP contribution in [0.3, 0.4) is 0 Å². The van der Waals surface area contributed by atoms with Crippen LogP contribution in [0.2, 0.25) is 0 Å². The summed E-state index contributed by atoms with van der Waals surface area (Å²) in [6, 6.07) is 1.81. The Hall–Kier alpha value is -0.980. The maximum absolute atomic E-state index is 13.2. The molecule has 2 N–H and O–H groups in total. The van der Waals surface area contributed by atoms with Gasteiger partial charge in [-0.25, -0.2) is 17.5 Å². The number of halogens is 1. The van der Waals surface area contributed by atoms with E-state index in [2.05, 4.69) is 4.72 Å². The van der Waals surface area contributed by atoms with Gasteiger partial charge in [0.05, 0.1) is 11.5 Å². The summed E-state index contributed by atoms with van der Waals surface area (Å²) in [6.07, 6.45) is 0. The van der Waals surface area contributed by atoms with Crippen molar-refractivity contribution in [2.45, 2.75) is 38.6 Å². The number of rotatable bonds is 5. The van der Waals surface area contributed by atoms with E-state index in [1.807, 2.05) is 13.8 Å². The largest absolute Gasteiger partial charge is 0.395 e. The van der Waals surface area contributed by atoms with Crippen molar-refractivity contribution in [2.24, 2.45) is 5.92 Å². The predicted octanol–water partition coefficient (Wildman–Crippen LogP) is 1.74. The van der Waals surface area contributed by atoms with Crippen molar-refractivity contribution in [1.29, 1.82) is 0 Å². The van der Waals surface area contributed by atoms with Crippen LogP contribution in [0.1, 0.15) is 25.0 Å². The van der Waals surface area contributed by atoms with Crippen molar-refractivity contribution in [1.82, 2.24) is 4.72 Å². The van der Waals surface area contributed by atoms with E-state index in [4.69, 9.17) is 0 Å². The Balaban J connectivity index is 3.21. The Morgan fingerprint density at radius 2 is 1.74 bits per heavy atom. The molecule has 1 rings (SSSR count). The van der Waals surface area contributed by atoms with Gasteiger partial charge in [-0.15, -0.1) is 0 Å². The number of nitrogens with one attached hydrogen (secondary N) is 1. The summed E-state index contributed by atoms with van der Waals surface area (Å²) < 4.78 is 40.3. The first-order chi connectivity index (χ1) is 8.69. The number of benzene rings is 1. The van der Waals surface area contributed by atoms with Crippen molar-refractivity contribution in [2.75, 3.05) is 6.61 Å². The Kier molecular flexibility index (Phi) is 5.06. The summed E-state index contributed by atoms with van der Waals surface area (Å²) in [4.78, 5) is 0.0769. The zero-order valence-corrected chi connectivity index (χ0v) is 12.4. The van der Waals surface area contributed by atoms with Crippen LogP contribution >= 0.6 is 0 Å². The monoisotopic (exact) mass is 289 g/mol. The molecule has 108 valence electrons. The molecule has 19 heavy (non-hydrogen) atoms. The molecule has 0 amide bonds. The van der Waals surface area contributed by atoms with Crippen LogP contribution in [-0.2, 0) is 10.0 Å². The van der Waals surface area contributed by atoms with Gasteiger partial charge in [0.2, 0.25) is 10.0 Å². The van der Waals surface area contributed by atoms with Crippen LogP contribution in [0, 0.1) is 25.6 Å². The molecular weight excluding hydrogens is 269 g/mol. The topological polar surface area (TPSA) is 66.4 Å². The van der Waals surface area contributed by atoms with E-state index in [9.17, 15) is 17.9 Å². The summed E-state index contributed by atoms with van der Waals surface area (Å²) in [5.74, 6) is -0.502. The molecule has 0 spiro atoms. The second kappa shape index (κ2) is 5.98. The molecule has 1 atom stereocenters. The van der Waals surface area contributed by atoms with Gasteiger partial charge >= 0.3 is 0 Å². The summed E-state index contributed by atoms with van der Waals surface area (Å²) in [6.45, 7) is 6.44. The second-order valence-corrected chi connectivity index (χ2v) is 6.67. The lowest BCUT2D eigenvalue weighted by molar-refractivity contribution is 0.227. The first-order valence-corrected chi connectivity index (χ1v) is 7.57. The highest BCUT2D eigenvalue weighted by Crippen LogP contribution is 2.22. The Morgan fingerprint density at radius 1 is 1.26 bits per heavy atom. The van der Waals surface area contributed by atoms with Crippen molar-refractivity contribution < 1.29 is 17.9 Å². The molecule has 0 aliphatic heterocycles. The van der Waals surface area contributed by atoms with Crippen LogP contribution in [0.15, 0.2) is 17.0 Å². The Morgan fingerprint density at radius 3 is 2.11 bits per heavy atom. The van der Waals surface area contributed by atoms with Gasteiger partial charge in [-0.1, -0.05) is 13.8 Å². The quantitative estimate of drug-likeness (QED) is 0.867.